The molecule has 1 atom stereocenters. The van der Waals surface area contributed by atoms with E-state index in [0.29, 0.717) is 11.2 Å². The third-order valence-electron chi connectivity index (χ3n) is 3.14. The van der Waals surface area contributed by atoms with Gasteiger partial charge < -0.3 is 9.72 Å². The van der Waals surface area contributed by atoms with Crippen molar-refractivity contribution in [2.45, 2.75) is 23.3 Å². The number of thiophene rings is 1. The van der Waals surface area contributed by atoms with Gasteiger partial charge in [0.1, 0.15) is 11.3 Å². The molecule has 0 saturated heterocycles. The maximum atomic E-state index is 12.9. The second-order valence-corrected chi connectivity index (χ2v) is 7.15. The van der Waals surface area contributed by atoms with E-state index in [4.69, 9.17) is 4.74 Å². The zero-order valence-corrected chi connectivity index (χ0v) is 14.1. The predicted octanol–water partition coefficient (Wildman–Crippen LogP) is 3.61. The lowest BCUT2D eigenvalue weighted by atomic mass is 10.3. The molecule has 3 rings (SSSR count). The first-order valence-corrected chi connectivity index (χ1v) is 9.15. The molecule has 0 aromatic carbocycles. The molecule has 0 aliphatic rings. The van der Waals surface area contributed by atoms with Crippen molar-refractivity contribution in [3.8, 4) is 5.75 Å². The SMILES string of the molecule is O=S(Cc1cc(OCC(F)(F)C(F)F)ccn1)c1nc2cscc2[nH]1. The minimum atomic E-state index is -4.24. The van der Waals surface area contributed by atoms with E-state index in [1.807, 2.05) is 10.8 Å². The van der Waals surface area contributed by atoms with Crippen molar-refractivity contribution in [2.75, 3.05) is 6.61 Å². The molecule has 3 aromatic rings. The van der Waals surface area contributed by atoms with Gasteiger partial charge in [-0.1, -0.05) is 0 Å². The van der Waals surface area contributed by atoms with E-state index in [0.717, 1.165) is 5.52 Å². The zero-order valence-electron chi connectivity index (χ0n) is 12.4. The lowest BCUT2D eigenvalue weighted by molar-refractivity contribution is -0.148. The topological polar surface area (TPSA) is 67.9 Å². The smallest absolute Gasteiger partial charge is 0.340 e. The summed E-state index contributed by atoms with van der Waals surface area (Å²) in [6, 6.07) is 2.54. The molecule has 0 spiro atoms. The maximum absolute atomic E-state index is 12.9. The number of alkyl halides is 4. The standard InChI is InChI=1S/C14H11F4N3O2S2/c15-12(16)14(17,18)7-23-9-1-2-19-8(3-9)6-25(22)13-20-10-4-24-5-11(10)21-13/h1-5,12H,6-7H2,(H,20,21). The molecule has 0 radical (unpaired) electrons. The average molecular weight is 393 g/mol. The average Bonchev–Trinajstić information content (AvgIpc) is 3.15. The van der Waals surface area contributed by atoms with Crippen molar-refractivity contribution in [3.63, 3.8) is 0 Å². The van der Waals surface area contributed by atoms with Gasteiger partial charge in [-0.3, -0.25) is 9.19 Å². The van der Waals surface area contributed by atoms with Crippen LogP contribution in [-0.2, 0) is 16.6 Å². The number of hydrogen-bond donors (Lipinski definition) is 1. The highest BCUT2D eigenvalue weighted by atomic mass is 32.2. The van der Waals surface area contributed by atoms with Crippen LogP contribution in [0.1, 0.15) is 5.69 Å². The van der Waals surface area contributed by atoms with Crippen LogP contribution in [0, 0.1) is 0 Å². The van der Waals surface area contributed by atoms with E-state index in [1.165, 1.54) is 29.7 Å². The molecule has 0 saturated carbocycles. The number of hydrogen-bond acceptors (Lipinski definition) is 5. The van der Waals surface area contributed by atoms with Crippen molar-refractivity contribution in [1.29, 1.82) is 0 Å². The molecule has 0 bridgehead atoms. The summed E-state index contributed by atoms with van der Waals surface area (Å²) in [5, 5.41) is 3.91. The molecule has 11 heteroatoms. The fraction of sp³-hybridized carbons (Fsp3) is 0.286. The van der Waals surface area contributed by atoms with Crippen LogP contribution >= 0.6 is 11.3 Å². The Morgan fingerprint density at radius 3 is 2.88 bits per heavy atom. The predicted molar refractivity (Wildman–Crippen MR) is 84.8 cm³/mol. The van der Waals surface area contributed by atoms with Gasteiger partial charge in [0.15, 0.2) is 11.8 Å². The molecule has 0 aliphatic heterocycles. The van der Waals surface area contributed by atoms with Crippen molar-refractivity contribution in [2.24, 2.45) is 0 Å². The Hall–Kier alpha value is -2.01. The molecule has 134 valence electrons. The first kappa shape index (κ1) is 17.8. The van der Waals surface area contributed by atoms with Crippen molar-refractivity contribution in [1.82, 2.24) is 15.0 Å². The third kappa shape index (κ3) is 4.15. The number of fused-ring (bicyclic) bond motifs is 1. The fourth-order valence-corrected chi connectivity index (χ4v) is 3.58. The lowest BCUT2D eigenvalue weighted by Gasteiger charge is -2.16. The summed E-state index contributed by atoms with van der Waals surface area (Å²) in [5.74, 6) is -4.32. The summed E-state index contributed by atoms with van der Waals surface area (Å²) >= 11 is 1.46. The number of nitrogens with one attached hydrogen (secondary N) is 1. The van der Waals surface area contributed by atoms with Crippen LogP contribution in [-0.4, -0.2) is 38.1 Å². The number of aromatic amines is 1. The summed E-state index contributed by atoms with van der Waals surface area (Å²) in [4.78, 5) is 11.1. The largest absolute Gasteiger partial charge is 0.487 e. The van der Waals surface area contributed by atoms with Crippen molar-refractivity contribution >= 4 is 33.2 Å². The first-order valence-electron chi connectivity index (χ1n) is 6.89. The van der Waals surface area contributed by atoms with E-state index >= 15 is 0 Å². The molecule has 0 amide bonds. The molecular formula is C14H11F4N3O2S2. The van der Waals surface area contributed by atoms with Crippen LogP contribution in [0.15, 0.2) is 34.2 Å². The number of H-pyrrole nitrogens is 1. The number of nitrogens with zero attached hydrogens (tertiary/aromatic N) is 2. The Morgan fingerprint density at radius 2 is 2.16 bits per heavy atom. The summed E-state index contributed by atoms with van der Waals surface area (Å²) in [6.45, 7) is -1.45. The summed E-state index contributed by atoms with van der Waals surface area (Å²) in [5.41, 5.74) is 1.77. The zero-order chi connectivity index (χ0) is 18.0. The van der Waals surface area contributed by atoms with Crippen molar-refractivity contribution < 1.29 is 26.5 Å². The highest BCUT2D eigenvalue weighted by Gasteiger charge is 2.41. The number of rotatable bonds is 7. The number of aromatic nitrogens is 3. The van der Waals surface area contributed by atoms with Gasteiger partial charge in [0, 0.05) is 23.0 Å². The molecule has 1 N–H and O–H groups in total. The molecule has 3 heterocycles. The number of imidazole rings is 1. The maximum Gasteiger partial charge on any atom is 0.340 e. The van der Waals surface area contributed by atoms with Gasteiger partial charge in [-0.15, -0.1) is 11.3 Å². The minimum absolute atomic E-state index is 0.0258. The molecule has 1 unspecified atom stereocenters. The van der Waals surface area contributed by atoms with Gasteiger partial charge in [0.25, 0.3) is 0 Å². The van der Waals surface area contributed by atoms with E-state index in [2.05, 4.69) is 15.0 Å². The quantitative estimate of drug-likeness (QED) is 0.623. The van der Waals surface area contributed by atoms with Crippen LogP contribution in [0.2, 0.25) is 0 Å². The van der Waals surface area contributed by atoms with Crippen LogP contribution in [0.3, 0.4) is 0 Å². The van der Waals surface area contributed by atoms with E-state index in [9.17, 15) is 21.8 Å². The first-order chi connectivity index (χ1) is 11.8. The second kappa shape index (κ2) is 7.08. The third-order valence-corrected chi connectivity index (χ3v) is 5.05. The lowest BCUT2D eigenvalue weighted by Crippen LogP contribution is -2.33. The molecule has 25 heavy (non-hydrogen) atoms. The molecule has 3 aromatic heterocycles. The van der Waals surface area contributed by atoms with Gasteiger partial charge in [-0.05, 0) is 6.07 Å². The Balaban J connectivity index is 1.67. The van der Waals surface area contributed by atoms with Crippen LogP contribution in [0.25, 0.3) is 11.0 Å². The summed E-state index contributed by atoms with van der Waals surface area (Å²) < 4.78 is 67.0. The number of ether oxygens (including phenoxy) is 1. The Labute approximate surface area is 145 Å². The number of halogens is 4. The Kier molecular flexibility index (Phi) is 5.04. The van der Waals surface area contributed by atoms with Gasteiger partial charge in [0.05, 0.1) is 27.8 Å². The van der Waals surface area contributed by atoms with E-state index in [1.54, 1.807) is 0 Å². The van der Waals surface area contributed by atoms with Crippen LogP contribution in [0.4, 0.5) is 17.6 Å². The second-order valence-electron chi connectivity index (χ2n) is 5.04. The van der Waals surface area contributed by atoms with E-state index < -0.39 is 29.8 Å². The van der Waals surface area contributed by atoms with E-state index in [-0.39, 0.29) is 16.7 Å². The van der Waals surface area contributed by atoms with Gasteiger partial charge in [-0.25, -0.2) is 13.8 Å². The normalized spacial score (nSPS) is 13.5. The molecule has 5 nitrogen and oxygen atoms in total. The van der Waals surface area contributed by atoms with Crippen LogP contribution < -0.4 is 4.74 Å². The summed E-state index contributed by atoms with van der Waals surface area (Å²) in [6.07, 6.45) is -2.54. The Morgan fingerprint density at radius 1 is 1.36 bits per heavy atom. The minimum Gasteiger partial charge on any atom is -0.487 e. The summed E-state index contributed by atoms with van der Waals surface area (Å²) in [7, 11) is -1.53. The molecule has 0 fully saturated rings. The van der Waals surface area contributed by atoms with Gasteiger partial charge >= 0.3 is 12.3 Å². The highest BCUT2D eigenvalue weighted by Crippen LogP contribution is 2.25. The van der Waals surface area contributed by atoms with Crippen molar-refractivity contribution in [3.05, 3.63) is 34.8 Å². The monoisotopic (exact) mass is 393 g/mol. The van der Waals surface area contributed by atoms with Gasteiger partial charge in [-0.2, -0.15) is 8.78 Å². The molecular weight excluding hydrogens is 382 g/mol. The van der Waals surface area contributed by atoms with Gasteiger partial charge in [0.2, 0.25) is 0 Å². The molecule has 0 aliphatic carbocycles. The van der Waals surface area contributed by atoms with Crippen LogP contribution in [0.5, 0.6) is 5.75 Å². The number of pyridine rings is 1. The fourth-order valence-electron chi connectivity index (χ4n) is 1.90. The Bertz CT molecular complexity index is 868. The highest BCUT2D eigenvalue weighted by molar-refractivity contribution is 7.84.